The number of fused-ring (bicyclic) bond motifs is 1. The van der Waals surface area contributed by atoms with Crippen LogP contribution in [0.25, 0.3) is 10.9 Å². The number of nitrogens with one attached hydrogen (secondary N) is 3. The molecule has 22 heavy (non-hydrogen) atoms. The molecule has 3 aromatic rings. The van der Waals surface area contributed by atoms with Gasteiger partial charge in [-0.25, -0.2) is 9.78 Å². The number of hydrogen-bond donors (Lipinski definition) is 3. The molecule has 0 fully saturated rings. The molecule has 8 nitrogen and oxygen atoms in total. The van der Waals surface area contributed by atoms with Crippen molar-refractivity contribution in [2.45, 2.75) is 13.5 Å². The van der Waals surface area contributed by atoms with Crippen LogP contribution in [-0.2, 0) is 6.54 Å². The molecule has 8 heteroatoms. The van der Waals surface area contributed by atoms with Crippen molar-refractivity contribution in [1.29, 1.82) is 0 Å². The Kier molecular flexibility index (Phi) is 3.34. The van der Waals surface area contributed by atoms with E-state index in [9.17, 15) is 14.4 Å². The second-order valence-electron chi connectivity index (χ2n) is 4.63. The standard InChI is InChI=1S/C14H13N5O3/c1-2-19-12(21)8-5-3-4-6-9(8)15-13(19)16-10-7-11(20)18-14(22)17-10/h3-7H,2H2,1H3,(H3,15,16,17,18,20,22). The number of nitrogens with zero attached hydrogens (tertiary/aromatic N) is 2. The van der Waals surface area contributed by atoms with E-state index in [0.29, 0.717) is 17.4 Å². The fourth-order valence-electron chi connectivity index (χ4n) is 2.21. The molecule has 2 heterocycles. The van der Waals surface area contributed by atoms with Crippen molar-refractivity contribution in [3.8, 4) is 0 Å². The van der Waals surface area contributed by atoms with Crippen molar-refractivity contribution in [3.05, 3.63) is 61.5 Å². The number of anilines is 2. The molecule has 2 aromatic heterocycles. The summed E-state index contributed by atoms with van der Waals surface area (Å²) in [6.07, 6.45) is 0. The van der Waals surface area contributed by atoms with E-state index < -0.39 is 11.2 Å². The molecule has 0 atom stereocenters. The highest BCUT2D eigenvalue weighted by Crippen LogP contribution is 2.13. The van der Waals surface area contributed by atoms with Gasteiger partial charge in [0.15, 0.2) is 0 Å². The summed E-state index contributed by atoms with van der Waals surface area (Å²) < 4.78 is 1.43. The first kappa shape index (κ1) is 13.8. The first-order valence-electron chi connectivity index (χ1n) is 6.68. The first-order chi connectivity index (χ1) is 10.6. The largest absolute Gasteiger partial charge is 0.327 e. The number of hydrogen-bond acceptors (Lipinski definition) is 5. The van der Waals surface area contributed by atoms with E-state index in [4.69, 9.17) is 0 Å². The van der Waals surface area contributed by atoms with Crippen molar-refractivity contribution >= 4 is 22.7 Å². The number of benzene rings is 1. The van der Waals surface area contributed by atoms with Crippen LogP contribution in [-0.4, -0.2) is 19.5 Å². The Hall–Kier alpha value is -3.16. The molecule has 0 bridgehead atoms. The van der Waals surface area contributed by atoms with Crippen molar-refractivity contribution in [2.24, 2.45) is 0 Å². The van der Waals surface area contributed by atoms with Crippen molar-refractivity contribution in [2.75, 3.05) is 5.32 Å². The van der Waals surface area contributed by atoms with Crippen molar-refractivity contribution in [1.82, 2.24) is 19.5 Å². The van der Waals surface area contributed by atoms with Crippen LogP contribution in [0.15, 0.2) is 44.7 Å². The molecule has 1 aromatic carbocycles. The summed E-state index contributed by atoms with van der Waals surface area (Å²) in [6.45, 7) is 2.20. The third-order valence-corrected chi connectivity index (χ3v) is 3.18. The van der Waals surface area contributed by atoms with Gasteiger partial charge < -0.3 is 5.32 Å². The molecule has 0 aliphatic rings. The highest BCUT2D eigenvalue weighted by Gasteiger charge is 2.10. The normalized spacial score (nSPS) is 10.8. The van der Waals surface area contributed by atoms with Gasteiger partial charge in [-0.3, -0.25) is 24.1 Å². The SMILES string of the molecule is CCn1c(Nc2cc(=O)[nH]c(=O)[nH]2)nc2ccccc2c1=O. The van der Waals surface area contributed by atoms with E-state index in [2.05, 4.69) is 20.3 Å². The molecule has 0 spiro atoms. The summed E-state index contributed by atoms with van der Waals surface area (Å²) in [7, 11) is 0. The minimum absolute atomic E-state index is 0.165. The number of H-pyrrole nitrogens is 2. The van der Waals surface area contributed by atoms with Gasteiger partial charge in [-0.1, -0.05) is 12.1 Å². The van der Waals surface area contributed by atoms with Crippen LogP contribution in [0, 0.1) is 0 Å². The third-order valence-electron chi connectivity index (χ3n) is 3.18. The Morgan fingerprint density at radius 2 is 1.95 bits per heavy atom. The van der Waals surface area contributed by atoms with Gasteiger partial charge in [0.25, 0.3) is 11.1 Å². The molecule has 0 saturated carbocycles. The average Bonchev–Trinajstić information content (AvgIpc) is 2.46. The predicted octanol–water partition coefficient (Wildman–Crippen LogP) is 0.537. The maximum absolute atomic E-state index is 12.4. The molecule has 0 unspecified atom stereocenters. The van der Waals surface area contributed by atoms with E-state index in [1.54, 1.807) is 24.3 Å². The second kappa shape index (κ2) is 5.32. The Labute approximate surface area is 123 Å². The van der Waals surface area contributed by atoms with Gasteiger partial charge in [0.1, 0.15) is 5.82 Å². The van der Waals surface area contributed by atoms with E-state index in [-0.39, 0.29) is 17.3 Å². The molecule has 112 valence electrons. The quantitative estimate of drug-likeness (QED) is 0.653. The number of aromatic amines is 2. The van der Waals surface area contributed by atoms with E-state index in [1.807, 2.05) is 6.92 Å². The topological polar surface area (TPSA) is 113 Å². The Morgan fingerprint density at radius 3 is 2.68 bits per heavy atom. The monoisotopic (exact) mass is 299 g/mol. The van der Waals surface area contributed by atoms with Gasteiger partial charge in [-0.05, 0) is 19.1 Å². The molecular formula is C14H13N5O3. The van der Waals surface area contributed by atoms with Crippen LogP contribution < -0.4 is 22.1 Å². The van der Waals surface area contributed by atoms with Crippen LogP contribution >= 0.6 is 0 Å². The maximum Gasteiger partial charge on any atom is 0.327 e. The summed E-state index contributed by atoms with van der Waals surface area (Å²) in [4.78, 5) is 44.0. The Bertz CT molecular complexity index is 987. The van der Waals surface area contributed by atoms with Crippen LogP contribution in [0.5, 0.6) is 0 Å². The molecule has 0 radical (unpaired) electrons. The molecular weight excluding hydrogens is 286 g/mol. The van der Waals surface area contributed by atoms with Crippen LogP contribution in [0.1, 0.15) is 6.92 Å². The van der Waals surface area contributed by atoms with Crippen molar-refractivity contribution in [3.63, 3.8) is 0 Å². The first-order valence-corrected chi connectivity index (χ1v) is 6.68. The van der Waals surface area contributed by atoms with Gasteiger partial charge >= 0.3 is 5.69 Å². The lowest BCUT2D eigenvalue weighted by molar-refractivity contribution is 0.728. The van der Waals surface area contributed by atoms with Crippen LogP contribution in [0.4, 0.5) is 11.8 Å². The summed E-state index contributed by atoms with van der Waals surface area (Å²) >= 11 is 0. The van der Waals surface area contributed by atoms with E-state index in [0.717, 1.165) is 0 Å². The summed E-state index contributed by atoms with van der Waals surface area (Å²) in [6, 6.07) is 8.16. The summed E-state index contributed by atoms with van der Waals surface area (Å²) in [5, 5.41) is 3.32. The van der Waals surface area contributed by atoms with Crippen molar-refractivity contribution < 1.29 is 0 Å². The number of para-hydroxylation sites is 1. The average molecular weight is 299 g/mol. The van der Waals surface area contributed by atoms with E-state index in [1.165, 1.54) is 10.6 Å². The zero-order chi connectivity index (χ0) is 15.7. The fourth-order valence-corrected chi connectivity index (χ4v) is 2.21. The van der Waals surface area contributed by atoms with E-state index >= 15 is 0 Å². The highest BCUT2D eigenvalue weighted by atomic mass is 16.2. The van der Waals surface area contributed by atoms with Gasteiger partial charge in [-0.15, -0.1) is 0 Å². The van der Waals surface area contributed by atoms with Gasteiger partial charge in [0, 0.05) is 12.6 Å². The smallest absolute Gasteiger partial charge is 0.311 e. The minimum atomic E-state index is -0.638. The van der Waals surface area contributed by atoms with Gasteiger partial charge in [-0.2, -0.15) is 0 Å². The molecule has 3 rings (SSSR count). The Balaban J connectivity index is 2.19. The molecule has 3 N–H and O–H groups in total. The summed E-state index contributed by atoms with van der Waals surface area (Å²) in [5.74, 6) is 0.422. The van der Waals surface area contributed by atoms with Gasteiger partial charge in [0.2, 0.25) is 5.95 Å². The third kappa shape index (κ3) is 2.41. The van der Waals surface area contributed by atoms with Crippen LogP contribution in [0.3, 0.4) is 0 Å². The summed E-state index contributed by atoms with van der Waals surface area (Å²) in [5.41, 5.74) is -0.840. The maximum atomic E-state index is 12.4. The molecule has 0 aliphatic carbocycles. The number of aromatic nitrogens is 4. The number of rotatable bonds is 3. The Morgan fingerprint density at radius 1 is 1.18 bits per heavy atom. The van der Waals surface area contributed by atoms with Gasteiger partial charge in [0.05, 0.1) is 10.9 Å². The lowest BCUT2D eigenvalue weighted by atomic mass is 10.2. The molecule has 0 saturated heterocycles. The van der Waals surface area contributed by atoms with Crippen LogP contribution in [0.2, 0.25) is 0 Å². The highest BCUT2D eigenvalue weighted by molar-refractivity contribution is 5.78. The molecule has 0 amide bonds. The predicted molar refractivity (Wildman–Crippen MR) is 82.6 cm³/mol. The minimum Gasteiger partial charge on any atom is -0.311 e. The lowest BCUT2D eigenvalue weighted by Gasteiger charge is -2.12. The lowest BCUT2D eigenvalue weighted by Crippen LogP contribution is -2.26. The second-order valence-corrected chi connectivity index (χ2v) is 4.63. The fraction of sp³-hybridized carbons (Fsp3) is 0.143. The zero-order valence-corrected chi connectivity index (χ0v) is 11.7. The zero-order valence-electron chi connectivity index (χ0n) is 11.7. The molecule has 0 aliphatic heterocycles.